The van der Waals surface area contributed by atoms with E-state index in [0.717, 1.165) is 0 Å². The van der Waals surface area contributed by atoms with Crippen LogP contribution in [0.3, 0.4) is 0 Å². The van der Waals surface area contributed by atoms with Gasteiger partial charge in [0.25, 0.3) is 0 Å². The highest BCUT2D eigenvalue weighted by molar-refractivity contribution is 5.68. The summed E-state index contributed by atoms with van der Waals surface area (Å²) in [4.78, 5) is 10.3. The highest BCUT2D eigenvalue weighted by atomic mass is 16.6. The second-order valence-corrected chi connectivity index (χ2v) is 5.19. The summed E-state index contributed by atoms with van der Waals surface area (Å²) < 4.78 is 21.6. The van der Waals surface area contributed by atoms with Crippen LogP contribution in [0, 0.1) is 0 Å². The number of rotatable bonds is 12. The van der Waals surface area contributed by atoms with E-state index in [1.165, 1.54) is 0 Å². The highest BCUT2D eigenvalue weighted by Gasteiger charge is 2.11. The Morgan fingerprint density at radius 3 is 1.60 bits per heavy atom. The van der Waals surface area contributed by atoms with Crippen molar-refractivity contribution in [3.63, 3.8) is 0 Å². The van der Waals surface area contributed by atoms with Gasteiger partial charge >= 0.3 is 5.97 Å². The van der Waals surface area contributed by atoms with Gasteiger partial charge in [0.05, 0.1) is 44.2 Å². The highest BCUT2D eigenvalue weighted by Crippen LogP contribution is 2.01. The third-order valence-electron chi connectivity index (χ3n) is 2.39. The van der Waals surface area contributed by atoms with E-state index in [-0.39, 0.29) is 31.0 Å². The molecule has 0 aromatic rings. The molecule has 0 heterocycles. The van der Waals surface area contributed by atoms with Crippen molar-refractivity contribution in [3.05, 3.63) is 0 Å². The van der Waals surface area contributed by atoms with Gasteiger partial charge in [-0.2, -0.15) is 0 Å². The number of carboxylic acid groups (broad SMARTS) is 1. The summed E-state index contributed by atoms with van der Waals surface area (Å²) in [7, 11) is 0. The quantitative estimate of drug-likeness (QED) is 0.590. The first-order valence-electron chi connectivity index (χ1n) is 6.99. The van der Waals surface area contributed by atoms with E-state index in [2.05, 4.69) is 0 Å². The van der Waals surface area contributed by atoms with Gasteiger partial charge in [-0.15, -0.1) is 0 Å². The molecule has 0 aliphatic carbocycles. The summed E-state index contributed by atoms with van der Waals surface area (Å²) in [6.45, 7) is 10.7. The molecule has 3 atom stereocenters. The lowest BCUT2D eigenvalue weighted by atomic mass is 10.3. The average molecular weight is 292 g/mol. The normalized spacial score (nSPS) is 16.1. The second kappa shape index (κ2) is 11.0. The lowest BCUT2D eigenvalue weighted by Crippen LogP contribution is -2.27. The Hall–Kier alpha value is -0.690. The zero-order valence-electron chi connectivity index (χ0n) is 13.1. The lowest BCUT2D eigenvalue weighted by molar-refractivity contribution is -0.146. The number of ether oxygens (including phenoxy) is 4. The van der Waals surface area contributed by atoms with E-state index in [1.54, 1.807) is 6.92 Å². The van der Waals surface area contributed by atoms with Crippen molar-refractivity contribution in [1.29, 1.82) is 0 Å². The van der Waals surface area contributed by atoms with Crippen molar-refractivity contribution in [3.8, 4) is 0 Å². The van der Waals surface area contributed by atoms with Crippen LogP contribution >= 0.6 is 0 Å². The van der Waals surface area contributed by atoms with Gasteiger partial charge in [0.2, 0.25) is 0 Å². The Bertz CT molecular complexity index is 256. The Kier molecular flexibility index (Phi) is 10.6. The molecule has 0 aromatic carbocycles. The van der Waals surface area contributed by atoms with Gasteiger partial charge in [0.1, 0.15) is 6.61 Å². The van der Waals surface area contributed by atoms with E-state index in [4.69, 9.17) is 24.1 Å². The SMILES string of the molecule is CC(C)OCC(C)OCC(C)OCC(C)OCC(=O)O. The summed E-state index contributed by atoms with van der Waals surface area (Å²) in [5.41, 5.74) is 0. The molecule has 0 spiro atoms. The Labute approximate surface area is 121 Å². The minimum Gasteiger partial charge on any atom is -0.480 e. The molecule has 6 nitrogen and oxygen atoms in total. The molecule has 120 valence electrons. The van der Waals surface area contributed by atoms with E-state index in [1.807, 2.05) is 27.7 Å². The van der Waals surface area contributed by atoms with E-state index in [9.17, 15) is 4.79 Å². The molecule has 0 aliphatic heterocycles. The van der Waals surface area contributed by atoms with Gasteiger partial charge in [-0.25, -0.2) is 4.79 Å². The first kappa shape index (κ1) is 19.3. The number of carboxylic acids is 1. The third-order valence-corrected chi connectivity index (χ3v) is 2.39. The third kappa shape index (κ3) is 12.3. The standard InChI is InChI=1S/C14H28O6/c1-10(2)17-6-11(3)18-7-12(4)19-8-13(5)20-9-14(15)16/h10-13H,6-9H2,1-5H3,(H,15,16). The Balaban J connectivity index is 3.62. The van der Waals surface area contributed by atoms with Crippen LogP contribution in [0.25, 0.3) is 0 Å². The van der Waals surface area contributed by atoms with Crippen LogP contribution in [0.2, 0.25) is 0 Å². The summed E-state index contributed by atoms with van der Waals surface area (Å²) in [6.07, 6.45) is -0.117. The molecule has 0 aromatic heterocycles. The lowest BCUT2D eigenvalue weighted by Gasteiger charge is -2.20. The molecule has 0 saturated carbocycles. The molecule has 0 rings (SSSR count). The topological polar surface area (TPSA) is 74.2 Å². The van der Waals surface area contributed by atoms with Crippen LogP contribution < -0.4 is 0 Å². The van der Waals surface area contributed by atoms with E-state index >= 15 is 0 Å². The molecule has 3 unspecified atom stereocenters. The predicted molar refractivity (Wildman–Crippen MR) is 75.0 cm³/mol. The fourth-order valence-corrected chi connectivity index (χ4v) is 1.29. The fraction of sp³-hybridized carbons (Fsp3) is 0.929. The molecular formula is C14H28O6. The summed E-state index contributed by atoms with van der Waals surface area (Å²) in [6, 6.07) is 0. The number of hydrogen-bond acceptors (Lipinski definition) is 5. The summed E-state index contributed by atoms with van der Waals surface area (Å²) >= 11 is 0. The average Bonchev–Trinajstić information content (AvgIpc) is 2.37. The van der Waals surface area contributed by atoms with Gasteiger partial charge in [-0.3, -0.25) is 0 Å². The molecule has 0 bridgehead atoms. The smallest absolute Gasteiger partial charge is 0.329 e. The maximum atomic E-state index is 10.3. The second-order valence-electron chi connectivity index (χ2n) is 5.19. The van der Waals surface area contributed by atoms with Crippen molar-refractivity contribution in [1.82, 2.24) is 0 Å². The van der Waals surface area contributed by atoms with Gasteiger partial charge in [0.15, 0.2) is 0 Å². The molecule has 0 aliphatic rings. The van der Waals surface area contributed by atoms with Crippen molar-refractivity contribution in [2.75, 3.05) is 26.4 Å². The van der Waals surface area contributed by atoms with Gasteiger partial charge in [-0.05, 0) is 34.6 Å². The summed E-state index contributed by atoms with van der Waals surface area (Å²) in [5.74, 6) is -0.979. The van der Waals surface area contributed by atoms with Crippen LogP contribution in [0.15, 0.2) is 0 Å². The van der Waals surface area contributed by atoms with E-state index in [0.29, 0.717) is 19.8 Å². The van der Waals surface area contributed by atoms with Crippen LogP contribution in [-0.4, -0.2) is 61.9 Å². The largest absolute Gasteiger partial charge is 0.480 e. The van der Waals surface area contributed by atoms with Crippen molar-refractivity contribution in [2.24, 2.45) is 0 Å². The molecule has 0 saturated heterocycles. The van der Waals surface area contributed by atoms with Crippen molar-refractivity contribution < 1.29 is 28.8 Å². The number of aliphatic carboxylic acids is 1. The Morgan fingerprint density at radius 2 is 1.20 bits per heavy atom. The van der Waals surface area contributed by atoms with E-state index < -0.39 is 5.97 Å². The van der Waals surface area contributed by atoms with Crippen LogP contribution in [0.1, 0.15) is 34.6 Å². The predicted octanol–water partition coefficient (Wildman–Crippen LogP) is 1.71. The molecule has 20 heavy (non-hydrogen) atoms. The first-order chi connectivity index (χ1) is 9.31. The van der Waals surface area contributed by atoms with Gasteiger partial charge in [0, 0.05) is 0 Å². The maximum absolute atomic E-state index is 10.3. The zero-order chi connectivity index (χ0) is 15.5. The van der Waals surface area contributed by atoms with Gasteiger partial charge in [-0.1, -0.05) is 0 Å². The van der Waals surface area contributed by atoms with Crippen molar-refractivity contribution in [2.45, 2.75) is 59.0 Å². The summed E-state index contributed by atoms with van der Waals surface area (Å²) in [5, 5.41) is 8.48. The fourth-order valence-electron chi connectivity index (χ4n) is 1.29. The number of carbonyl (C=O) groups is 1. The molecule has 0 amide bonds. The number of hydrogen-bond donors (Lipinski definition) is 1. The zero-order valence-corrected chi connectivity index (χ0v) is 13.1. The maximum Gasteiger partial charge on any atom is 0.329 e. The van der Waals surface area contributed by atoms with Crippen LogP contribution in [0.5, 0.6) is 0 Å². The minimum atomic E-state index is -0.979. The van der Waals surface area contributed by atoms with Crippen LogP contribution in [0.4, 0.5) is 0 Å². The first-order valence-corrected chi connectivity index (χ1v) is 6.99. The Morgan fingerprint density at radius 1 is 0.800 bits per heavy atom. The van der Waals surface area contributed by atoms with Crippen molar-refractivity contribution >= 4 is 5.97 Å². The molecule has 0 fully saturated rings. The molecular weight excluding hydrogens is 264 g/mol. The monoisotopic (exact) mass is 292 g/mol. The van der Waals surface area contributed by atoms with Crippen LogP contribution in [-0.2, 0) is 23.7 Å². The molecule has 0 radical (unpaired) electrons. The minimum absolute atomic E-state index is 0.0177. The molecule has 1 N–H and O–H groups in total. The van der Waals surface area contributed by atoms with Gasteiger partial charge < -0.3 is 24.1 Å². The molecule has 6 heteroatoms.